The van der Waals surface area contributed by atoms with Crippen LogP contribution in [0.25, 0.3) is 0 Å². The van der Waals surface area contributed by atoms with E-state index in [1.807, 2.05) is 29.1 Å². The molecule has 0 saturated heterocycles. The van der Waals surface area contributed by atoms with Crippen LogP contribution < -0.4 is 4.74 Å². The molecule has 0 unspecified atom stereocenters. The zero-order valence-electron chi connectivity index (χ0n) is 10.6. The first-order valence-electron chi connectivity index (χ1n) is 6.00. The zero-order chi connectivity index (χ0) is 13.7. The van der Waals surface area contributed by atoms with Crippen LogP contribution in [0.15, 0.2) is 28.9 Å². The van der Waals surface area contributed by atoms with Gasteiger partial charge in [-0.3, -0.25) is 0 Å². The summed E-state index contributed by atoms with van der Waals surface area (Å²) < 4.78 is 8.18. The summed E-state index contributed by atoms with van der Waals surface area (Å²) in [5.41, 5.74) is 2.03. The van der Waals surface area contributed by atoms with Crippen LogP contribution in [0.3, 0.4) is 0 Å². The second kappa shape index (κ2) is 6.91. The molecule has 6 heteroatoms. The maximum Gasteiger partial charge on any atom is 0.124 e. The van der Waals surface area contributed by atoms with Gasteiger partial charge in [0, 0.05) is 22.1 Å². The second-order valence-electron chi connectivity index (χ2n) is 4.16. The molecule has 0 atom stereocenters. The molecule has 19 heavy (non-hydrogen) atoms. The zero-order valence-corrected chi connectivity index (χ0v) is 13.0. The third kappa shape index (κ3) is 3.94. The molecule has 4 nitrogen and oxygen atoms in total. The fraction of sp³-hybridized carbons (Fsp3) is 0.385. The number of benzene rings is 1. The van der Waals surface area contributed by atoms with Crippen molar-refractivity contribution in [1.29, 1.82) is 0 Å². The van der Waals surface area contributed by atoms with E-state index in [1.165, 1.54) is 0 Å². The minimum atomic E-state index is 0.635. The minimum Gasteiger partial charge on any atom is -0.496 e. The molecule has 0 spiro atoms. The van der Waals surface area contributed by atoms with Gasteiger partial charge in [-0.25, -0.2) is 4.68 Å². The Hall–Kier alpha value is -1.07. The number of ether oxygens (including phenoxy) is 1. The molecule has 0 aliphatic carbocycles. The third-order valence-electron chi connectivity index (χ3n) is 2.73. The summed E-state index contributed by atoms with van der Waals surface area (Å²) in [6.45, 7) is 0.635. The standard InChI is InChI=1S/C13H15BrClN3O/c1-19-13-5-4-11(14)7-10(13)8-18-9-12(16-17-18)3-2-6-15/h4-5,7,9H,2-3,6,8H2,1H3. The van der Waals surface area contributed by atoms with E-state index in [0.29, 0.717) is 12.4 Å². The smallest absolute Gasteiger partial charge is 0.124 e. The molecule has 0 saturated carbocycles. The summed E-state index contributed by atoms with van der Waals surface area (Å²) >= 11 is 9.13. The van der Waals surface area contributed by atoms with Gasteiger partial charge in [0.1, 0.15) is 5.75 Å². The molecule has 2 aromatic rings. The molecule has 0 aliphatic rings. The Labute approximate surface area is 125 Å². The lowest BCUT2D eigenvalue weighted by atomic mass is 10.2. The van der Waals surface area contributed by atoms with Crippen molar-refractivity contribution in [2.24, 2.45) is 0 Å². The average molecular weight is 345 g/mol. The highest BCUT2D eigenvalue weighted by molar-refractivity contribution is 9.10. The molecule has 0 amide bonds. The number of aromatic nitrogens is 3. The van der Waals surface area contributed by atoms with E-state index in [1.54, 1.807) is 7.11 Å². The third-order valence-corrected chi connectivity index (χ3v) is 3.49. The first-order valence-corrected chi connectivity index (χ1v) is 7.33. The molecule has 0 radical (unpaired) electrons. The van der Waals surface area contributed by atoms with Crippen molar-refractivity contribution in [3.63, 3.8) is 0 Å². The average Bonchev–Trinajstić information content (AvgIpc) is 2.84. The van der Waals surface area contributed by atoms with Gasteiger partial charge in [0.25, 0.3) is 0 Å². The van der Waals surface area contributed by atoms with Crippen molar-refractivity contribution in [1.82, 2.24) is 15.0 Å². The Balaban J connectivity index is 2.12. The predicted octanol–water partition coefficient (Wildman–Crippen LogP) is 3.27. The van der Waals surface area contributed by atoms with Crippen molar-refractivity contribution in [2.75, 3.05) is 13.0 Å². The quantitative estimate of drug-likeness (QED) is 0.755. The van der Waals surface area contributed by atoms with E-state index in [0.717, 1.165) is 34.3 Å². The maximum absolute atomic E-state index is 5.67. The fourth-order valence-electron chi connectivity index (χ4n) is 1.82. The topological polar surface area (TPSA) is 39.9 Å². The van der Waals surface area contributed by atoms with E-state index in [9.17, 15) is 0 Å². The van der Waals surface area contributed by atoms with E-state index in [2.05, 4.69) is 26.2 Å². The highest BCUT2D eigenvalue weighted by Crippen LogP contribution is 2.23. The fourth-order valence-corrected chi connectivity index (χ4v) is 2.37. The van der Waals surface area contributed by atoms with Crippen LogP contribution >= 0.6 is 27.5 Å². The van der Waals surface area contributed by atoms with E-state index in [-0.39, 0.29) is 0 Å². The van der Waals surface area contributed by atoms with Gasteiger partial charge in [-0.15, -0.1) is 16.7 Å². The molecule has 0 bridgehead atoms. The van der Waals surface area contributed by atoms with Crippen molar-refractivity contribution in [2.45, 2.75) is 19.4 Å². The van der Waals surface area contributed by atoms with Crippen molar-refractivity contribution in [3.8, 4) is 5.75 Å². The van der Waals surface area contributed by atoms with Crippen molar-refractivity contribution in [3.05, 3.63) is 40.1 Å². The molecule has 0 fully saturated rings. The van der Waals surface area contributed by atoms with E-state index < -0.39 is 0 Å². The molecule has 1 heterocycles. The Bertz CT molecular complexity index is 544. The van der Waals surface area contributed by atoms with Crippen LogP contribution in [-0.2, 0) is 13.0 Å². The largest absolute Gasteiger partial charge is 0.496 e. The van der Waals surface area contributed by atoms with E-state index >= 15 is 0 Å². The van der Waals surface area contributed by atoms with Crippen LogP contribution in [0, 0.1) is 0 Å². The number of alkyl halides is 1. The molecule has 2 rings (SSSR count). The Morgan fingerprint density at radius 1 is 1.42 bits per heavy atom. The van der Waals surface area contributed by atoms with Crippen LogP contribution in [0.2, 0.25) is 0 Å². The SMILES string of the molecule is COc1ccc(Br)cc1Cn1cc(CCCCl)nn1. The normalized spacial score (nSPS) is 10.7. The van der Waals surface area contributed by atoms with Gasteiger partial charge in [0.2, 0.25) is 0 Å². The van der Waals surface area contributed by atoms with Crippen LogP contribution in [0.4, 0.5) is 0 Å². The molecule has 0 aliphatic heterocycles. The first kappa shape index (κ1) is 14.3. The summed E-state index contributed by atoms with van der Waals surface area (Å²) in [5.74, 6) is 1.49. The highest BCUT2D eigenvalue weighted by Gasteiger charge is 2.07. The van der Waals surface area contributed by atoms with Crippen LogP contribution in [0.5, 0.6) is 5.75 Å². The number of rotatable bonds is 6. The lowest BCUT2D eigenvalue weighted by molar-refractivity contribution is 0.407. The molecular formula is C13H15BrClN3O. The summed E-state index contributed by atoms with van der Waals surface area (Å²) in [4.78, 5) is 0. The van der Waals surface area contributed by atoms with Crippen molar-refractivity contribution < 1.29 is 4.74 Å². The van der Waals surface area contributed by atoms with Gasteiger partial charge in [-0.1, -0.05) is 21.1 Å². The highest BCUT2D eigenvalue weighted by atomic mass is 79.9. The summed E-state index contributed by atoms with van der Waals surface area (Å²) in [5, 5.41) is 8.25. The molecule has 102 valence electrons. The predicted molar refractivity (Wildman–Crippen MR) is 78.9 cm³/mol. The van der Waals surface area contributed by atoms with Crippen LogP contribution in [-0.4, -0.2) is 28.0 Å². The van der Waals surface area contributed by atoms with Gasteiger partial charge in [-0.2, -0.15) is 0 Å². The van der Waals surface area contributed by atoms with E-state index in [4.69, 9.17) is 16.3 Å². The number of nitrogens with zero attached hydrogens (tertiary/aromatic N) is 3. The second-order valence-corrected chi connectivity index (χ2v) is 5.45. The molecule has 0 N–H and O–H groups in total. The number of hydrogen-bond acceptors (Lipinski definition) is 3. The summed E-state index contributed by atoms with van der Waals surface area (Å²) in [7, 11) is 1.67. The number of methoxy groups -OCH3 is 1. The lowest BCUT2D eigenvalue weighted by Gasteiger charge is -2.08. The van der Waals surface area contributed by atoms with Gasteiger partial charge >= 0.3 is 0 Å². The minimum absolute atomic E-state index is 0.635. The maximum atomic E-state index is 5.67. The Kier molecular flexibility index (Phi) is 5.22. The Morgan fingerprint density at radius 2 is 2.26 bits per heavy atom. The van der Waals surface area contributed by atoms with Gasteiger partial charge in [0.05, 0.1) is 19.3 Å². The van der Waals surface area contributed by atoms with Gasteiger partial charge < -0.3 is 4.74 Å². The molecular weight excluding hydrogens is 330 g/mol. The first-order chi connectivity index (χ1) is 9.22. The van der Waals surface area contributed by atoms with Crippen molar-refractivity contribution >= 4 is 27.5 Å². The number of halogens is 2. The number of hydrogen-bond donors (Lipinski definition) is 0. The van der Waals surface area contributed by atoms with Gasteiger partial charge in [-0.05, 0) is 31.0 Å². The number of aryl methyl sites for hydroxylation is 1. The summed E-state index contributed by atoms with van der Waals surface area (Å²) in [6.07, 6.45) is 3.73. The van der Waals surface area contributed by atoms with Crippen LogP contribution in [0.1, 0.15) is 17.7 Å². The summed E-state index contributed by atoms with van der Waals surface area (Å²) in [6, 6.07) is 5.92. The van der Waals surface area contributed by atoms with Gasteiger partial charge in [0.15, 0.2) is 0 Å². The molecule has 1 aromatic heterocycles. The lowest BCUT2D eigenvalue weighted by Crippen LogP contribution is -2.02. The Morgan fingerprint density at radius 3 is 3.00 bits per heavy atom. The monoisotopic (exact) mass is 343 g/mol. The molecule has 1 aromatic carbocycles.